The lowest BCUT2D eigenvalue weighted by Gasteiger charge is -2.25. The quantitative estimate of drug-likeness (QED) is 0.833. The number of hydrogen-bond acceptors (Lipinski definition) is 2. The van der Waals surface area contributed by atoms with Gasteiger partial charge in [0, 0.05) is 11.2 Å². The molecule has 1 rings (SSSR count). The van der Waals surface area contributed by atoms with Crippen molar-refractivity contribution >= 4 is 24.0 Å². The monoisotopic (exact) mass is 270 g/mol. The predicted molar refractivity (Wildman–Crippen MR) is 79.3 cm³/mol. The molecule has 0 spiro atoms. The Labute approximate surface area is 116 Å². The van der Waals surface area contributed by atoms with Crippen LogP contribution in [-0.2, 0) is 4.79 Å². The van der Waals surface area contributed by atoms with Crippen molar-refractivity contribution in [3.63, 3.8) is 0 Å². The van der Waals surface area contributed by atoms with E-state index in [4.69, 9.17) is 0 Å². The third kappa shape index (κ3) is 6.50. The summed E-state index contributed by atoms with van der Waals surface area (Å²) in [5.74, 6) is 0.0345. The van der Waals surface area contributed by atoms with Crippen LogP contribution in [0.5, 0.6) is 0 Å². The van der Waals surface area contributed by atoms with Gasteiger partial charge in [-0.1, -0.05) is 31.5 Å². The van der Waals surface area contributed by atoms with Gasteiger partial charge in [0.15, 0.2) is 0 Å². The zero-order valence-corrected chi connectivity index (χ0v) is 12.1. The molecule has 0 bridgehead atoms. The van der Waals surface area contributed by atoms with Crippen LogP contribution in [0.25, 0.3) is 0 Å². The minimum atomic E-state index is -0.121. The second kappa shape index (κ2) is 7.98. The zero-order chi connectivity index (χ0) is 12.7. The van der Waals surface area contributed by atoms with Crippen LogP contribution in [0, 0.1) is 0 Å². The van der Waals surface area contributed by atoms with Crippen molar-refractivity contribution in [2.24, 2.45) is 0 Å². The van der Waals surface area contributed by atoms with E-state index in [-0.39, 0.29) is 23.9 Å². The Morgan fingerprint density at radius 1 is 1.22 bits per heavy atom. The van der Waals surface area contributed by atoms with Gasteiger partial charge in [0.05, 0.1) is 6.54 Å². The number of benzene rings is 1. The molecule has 1 amide bonds. The topological polar surface area (TPSA) is 41.1 Å². The highest BCUT2D eigenvalue weighted by Crippen LogP contribution is 2.10. The van der Waals surface area contributed by atoms with E-state index < -0.39 is 0 Å². The number of hydrogen-bond donors (Lipinski definition) is 2. The van der Waals surface area contributed by atoms with Gasteiger partial charge in [0.1, 0.15) is 0 Å². The van der Waals surface area contributed by atoms with Gasteiger partial charge >= 0.3 is 0 Å². The molecule has 3 nitrogen and oxygen atoms in total. The Kier molecular flexibility index (Phi) is 7.44. The van der Waals surface area contributed by atoms with E-state index in [9.17, 15) is 4.79 Å². The van der Waals surface area contributed by atoms with Crippen molar-refractivity contribution in [2.45, 2.75) is 39.2 Å². The number of para-hydroxylation sites is 1. The van der Waals surface area contributed by atoms with Crippen molar-refractivity contribution in [1.29, 1.82) is 0 Å². The fourth-order valence-electron chi connectivity index (χ4n) is 1.85. The Bertz CT molecular complexity index is 352. The summed E-state index contributed by atoms with van der Waals surface area (Å²) < 4.78 is 0. The average Bonchev–Trinajstić information content (AvgIpc) is 2.27. The lowest BCUT2D eigenvalue weighted by Crippen LogP contribution is -2.45. The van der Waals surface area contributed by atoms with Crippen LogP contribution in [0.3, 0.4) is 0 Å². The summed E-state index contributed by atoms with van der Waals surface area (Å²) in [5, 5.41) is 6.12. The summed E-state index contributed by atoms with van der Waals surface area (Å²) in [7, 11) is 0. The van der Waals surface area contributed by atoms with Gasteiger partial charge < -0.3 is 10.6 Å². The molecule has 0 atom stereocenters. The number of anilines is 1. The first-order valence-corrected chi connectivity index (χ1v) is 6.13. The molecule has 0 saturated heterocycles. The maximum atomic E-state index is 11.7. The minimum absolute atomic E-state index is 0. The Morgan fingerprint density at radius 3 is 2.39 bits per heavy atom. The molecular formula is C14H23ClN2O. The lowest BCUT2D eigenvalue weighted by atomic mass is 9.99. The van der Waals surface area contributed by atoms with E-state index in [1.54, 1.807) is 0 Å². The van der Waals surface area contributed by atoms with Crippen LogP contribution in [0.15, 0.2) is 30.3 Å². The number of amides is 1. The Hall–Kier alpha value is -1.22. The van der Waals surface area contributed by atoms with Gasteiger partial charge in [-0.05, 0) is 32.4 Å². The van der Waals surface area contributed by atoms with Crippen LogP contribution in [-0.4, -0.2) is 18.0 Å². The molecule has 1 aromatic carbocycles. The highest BCUT2D eigenvalue weighted by molar-refractivity contribution is 5.85. The Morgan fingerprint density at radius 2 is 1.83 bits per heavy atom. The number of carbonyl (C=O) groups excluding carboxylic acids is 1. The van der Waals surface area contributed by atoms with Crippen LogP contribution < -0.4 is 10.6 Å². The average molecular weight is 271 g/mol. The summed E-state index contributed by atoms with van der Waals surface area (Å²) in [5.41, 5.74) is 0.848. The van der Waals surface area contributed by atoms with E-state index >= 15 is 0 Å². The SMILES string of the molecule is CCCC(C)(C)NC(=O)CNc1ccccc1.Cl. The van der Waals surface area contributed by atoms with Crippen molar-refractivity contribution in [3.8, 4) is 0 Å². The highest BCUT2D eigenvalue weighted by Gasteiger charge is 2.18. The smallest absolute Gasteiger partial charge is 0.239 e. The molecular weight excluding hydrogens is 248 g/mol. The van der Waals surface area contributed by atoms with Crippen molar-refractivity contribution in [1.82, 2.24) is 5.32 Å². The van der Waals surface area contributed by atoms with Crippen LogP contribution in [0.1, 0.15) is 33.6 Å². The normalized spacial score (nSPS) is 10.4. The third-order valence-corrected chi connectivity index (χ3v) is 2.58. The number of halogens is 1. The first-order chi connectivity index (χ1) is 8.03. The van der Waals surface area contributed by atoms with E-state index in [2.05, 4.69) is 31.4 Å². The maximum absolute atomic E-state index is 11.7. The molecule has 0 radical (unpaired) electrons. The molecule has 0 heterocycles. The molecule has 0 fully saturated rings. The van der Waals surface area contributed by atoms with Gasteiger partial charge in [-0.15, -0.1) is 12.4 Å². The molecule has 102 valence electrons. The van der Waals surface area contributed by atoms with E-state index in [1.165, 1.54) is 0 Å². The predicted octanol–water partition coefficient (Wildman–Crippen LogP) is 3.22. The Balaban J connectivity index is 0.00000289. The van der Waals surface area contributed by atoms with Crippen molar-refractivity contribution in [2.75, 3.05) is 11.9 Å². The molecule has 0 aliphatic carbocycles. The summed E-state index contributed by atoms with van der Waals surface area (Å²) in [4.78, 5) is 11.7. The summed E-state index contributed by atoms with van der Waals surface area (Å²) in [6.45, 7) is 6.54. The van der Waals surface area contributed by atoms with Gasteiger partial charge in [0.25, 0.3) is 0 Å². The molecule has 4 heteroatoms. The lowest BCUT2D eigenvalue weighted by molar-refractivity contribution is -0.121. The van der Waals surface area contributed by atoms with Gasteiger partial charge in [-0.3, -0.25) is 4.79 Å². The molecule has 2 N–H and O–H groups in total. The maximum Gasteiger partial charge on any atom is 0.239 e. The van der Waals surface area contributed by atoms with Gasteiger partial charge in [-0.25, -0.2) is 0 Å². The number of rotatable bonds is 6. The largest absolute Gasteiger partial charge is 0.376 e. The van der Waals surface area contributed by atoms with E-state index in [0.29, 0.717) is 6.54 Å². The highest BCUT2D eigenvalue weighted by atomic mass is 35.5. The second-order valence-electron chi connectivity index (χ2n) is 4.90. The molecule has 0 aliphatic rings. The van der Waals surface area contributed by atoms with Crippen LogP contribution >= 0.6 is 12.4 Å². The molecule has 0 aliphatic heterocycles. The minimum Gasteiger partial charge on any atom is -0.376 e. The fourth-order valence-corrected chi connectivity index (χ4v) is 1.85. The standard InChI is InChI=1S/C14H22N2O.ClH/c1-4-10-14(2,3)16-13(17)11-15-12-8-6-5-7-9-12;/h5-9,15H,4,10-11H2,1-3H3,(H,16,17);1H. The molecule has 1 aromatic rings. The van der Waals surface area contributed by atoms with Crippen molar-refractivity contribution in [3.05, 3.63) is 30.3 Å². The van der Waals surface area contributed by atoms with Crippen LogP contribution in [0.2, 0.25) is 0 Å². The molecule has 0 unspecified atom stereocenters. The van der Waals surface area contributed by atoms with Crippen molar-refractivity contribution < 1.29 is 4.79 Å². The van der Waals surface area contributed by atoms with E-state index in [0.717, 1.165) is 18.5 Å². The zero-order valence-electron chi connectivity index (χ0n) is 11.3. The summed E-state index contributed by atoms with van der Waals surface area (Å²) in [6.07, 6.45) is 2.06. The van der Waals surface area contributed by atoms with E-state index in [1.807, 2.05) is 30.3 Å². The first kappa shape index (κ1) is 16.8. The molecule has 0 saturated carbocycles. The van der Waals surface area contributed by atoms with Gasteiger partial charge in [-0.2, -0.15) is 0 Å². The first-order valence-electron chi connectivity index (χ1n) is 6.13. The molecule has 0 aromatic heterocycles. The van der Waals surface area contributed by atoms with Gasteiger partial charge in [0.2, 0.25) is 5.91 Å². The molecule has 18 heavy (non-hydrogen) atoms. The van der Waals surface area contributed by atoms with Crippen LogP contribution in [0.4, 0.5) is 5.69 Å². The number of carbonyl (C=O) groups is 1. The fraction of sp³-hybridized carbons (Fsp3) is 0.500. The third-order valence-electron chi connectivity index (χ3n) is 2.58. The summed E-state index contributed by atoms with van der Waals surface area (Å²) in [6, 6.07) is 9.74. The second-order valence-corrected chi connectivity index (χ2v) is 4.90. The number of nitrogens with one attached hydrogen (secondary N) is 2. The summed E-state index contributed by atoms with van der Waals surface area (Å²) >= 11 is 0.